The fraction of sp³-hybridized carbons (Fsp3) is 0.300. The van der Waals surface area contributed by atoms with Gasteiger partial charge in [0.05, 0.1) is 19.4 Å². The van der Waals surface area contributed by atoms with E-state index in [0.717, 1.165) is 5.56 Å². The fourth-order valence-corrected chi connectivity index (χ4v) is 3.65. The summed E-state index contributed by atoms with van der Waals surface area (Å²) in [5, 5.41) is 10.1. The molecule has 0 aliphatic carbocycles. The fourth-order valence-electron chi connectivity index (χ4n) is 3.46. The van der Waals surface area contributed by atoms with Crippen LogP contribution in [0.5, 0.6) is 5.75 Å². The standard InChI is InChI=1S/C20H20ClNO4/c1-26-18-8-7-15(21)9-14(18)10-19(23)22-11-16(17(12-22)20(24)25)13-5-3-2-4-6-13/h2-9,16-17H,10-12H2,1H3,(H,24,25). The first-order chi connectivity index (χ1) is 12.5. The zero-order valence-corrected chi connectivity index (χ0v) is 15.1. The van der Waals surface area contributed by atoms with Crippen LogP contribution in [0.2, 0.25) is 5.02 Å². The summed E-state index contributed by atoms with van der Waals surface area (Å²) in [5.41, 5.74) is 1.63. The summed E-state index contributed by atoms with van der Waals surface area (Å²) in [7, 11) is 1.54. The average Bonchev–Trinajstić information content (AvgIpc) is 3.08. The molecule has 2 aromatic rings. The van der Waals surface area contributed by atoms with Gasteiger partial charge in [0.25, 0.3) is 0 Å². The minimum absolute atomic E-state index is 0.123. The highest BCUT2D eigenvalue weighted by molar-refractivity contribution is 6.30. The second-order valence-electron chi connectivity index (χ2n) is 6.39. The topological polar surface area (TPSA) is 66.8 Å². The number of rotatable bonds is 5. The molecule has 0 aromatic heterocycles. The zero-order valence-electron chi connectivity index (χ0n) is 14.4. The predicted octanol–water partition coefficient (Wildman–Crippen LogP) is 3.22. The van der Waals surface area contributed by atoms with Crippen LogP contribution in [-0.2, 0) is 16.0 Å². The van der Waals surface area contributed by atoms with E-state index in [4.69, 9.17) is 16.3 Å². The molecule has 0 bridgehead atoms. The molecule has 0 spiro atoms. The van der Waals surface area contributed by atoms with Gasteiger partial charge >= 0.3 is 5.97 Å². The van der Waals surface area contributed by atoms with Crippen LogP contribution in [0.25, 0.3) is 0 Å². The molecule has 6 heteroatoms. The molecule has 1 saturated heterocycles. The van der Waals surface area contributed by atoms with Crippen LogP contribution >= 0.6 is 11.6 Å². The lowest BCUT2D eigenvalue weighted by molar-refractivity contribution is -0.141. The van der Waals surface area contributed by atoms with Gasteiger partial charge < -0.3 is 14.7 Å². The predicted molar refractivity (Wildman–Crippen MR) is 98.6 cm³/mol. The molecule has 1 N–H and O–H groups in total. The molecule has 2 atom stereocenters. The van der Waals surface area contributed by atoms with E-state index < -0.39 is 11.9 Å². The van der Waals surface area contributed by atoms with E-state index in [1.54, 1.807) is 30.2 Å². The third kappa shape index (κ3) is 3.83. The van der Waals surface area contributed by atoms with E-state index in [2.05, 4.69) is 0 Å². The van der Waals surface area contributed by atoms with Crippen LogP contribution in [0.3, 0.4) is 0 Å². The van der Waals surface area contributed by atoms with E-state index in [-0.39, 0.29) is 24.8 Å². The lowest BCUT2D eigenvalue weighted by Gasteiger charge is -2.17. The minimum Gasteiger partial charge on any atom is -0.496 e. The van der Waals surface area contributed by atoms with Crippen molar-refractivity contribution in [1.82, 2.24) is 4.90 Å². The molecule has 136 valence electrons. The molecule has 0 radical (unpaired) electrons. The molecule has 2 unspecified atom stereocenters. The van der Waals surface area contributed by atoms with Gasteiger partial charge in [-0.1, -0.05) is 41.9 Å². The number of carbonyl (C=O) groups is 2. The first kappa shape index (κ1) is 18.3. The first-order valence-electron chi connectivity index (χ1n) is 8.37. The number of nitrogens with zero attached hydrogens (tertiary/aromatic N) is 1. The van der Waals surface area contributed by atoms with Gasteiger partial charge in [-0.2, -0.15) is 0 Å². The van der Waals surface area contributed by atoms with Crippen molar-refractivity contribution in [3.8, 4) is 5.75 Å². The highest BCUT2D eigenvalue weighted by Crippen LogP contribution is 2.33. The molecular formula is C20H20ClNO4. The number of halogens is 1. The second-order valence-corrected chi connectivity index (χ2v) is 6.83. The Morgan fingerprint density at radius 3 is 2.58 bits per heavy atom. The summed E-state index contributed by atoms with van der Waals surface area (Å²) in [6, 6.07) is 14.6. The summed E-state index contributed by atoms with van der Waals surface area (Å²) in [4.78, 5) is 26.1. The third-order valence-corrected chi connectivity index (χ3v) is 5.04. The van der Waals surface area contributed by atoms with Gasteiger partial charge in [-0.15, -0.1) is 0 Å². The SMILES string of the molecule is COc1ccc(Cl)cc1CC(=O)N1CC(C(=O)O)C(c2ccccc2)C1. The summed E-state index contributed by atoms with van der Waals surface area (Å²) < 4.78 is 5.29. The highest BCUT2D eigenvalue weighted by atomic mass is 35.5. The lowest BCUT2D eigenvalue weighted by atomic mass is 9.89. The number of carboxylic acid groups (broad SMARTS) is 1. The zero-order chi connectivity index (χ0) is 18.7. The van der Waals surface area contributed by atoms with E-state index in [1.165, 1.54) is 0 Å². The third-order valence-electron chi connectivity index (χ3n) is 4.80. The van der Waals surface area contributed by atoms with Crippen molar-refractivity contribution in [3.63, 3.8) is 0 Å². The minimum atomic E-state index is -0.880. The van der Waals surface area contributed by atoms with E-state index in [9.17, 15) is 14.7 Å². The van der Waals surface area contributed by atoms with Crippen LogP contribution < -0.4 is 4.74 Å². The number of methoxy groups -OCH3 is 1. The van der Waals surface area contributed by atoms with Crippen molar-refractivity contribution in [3.05, 3.63) is 64.7 Å². The Labute approximate surface area is 157 Å². The van der Waals surface area contributed by atoms with Gasteiger partial charge in [-0.3, -0.25) is 9.59 Å². The summed E-state index contributed by atoms with van der Waals surface area (Å²) in [6.07, 6.45) is 0.123. The Morgan fingerprint density at radius 1 is 1.19 bits per heavy atom. The van der Waals surface area contributed by atoms with Gasteiger partial charge in [0.2, 0.25) is 5.91 Å². The maximum Gasteiger partial charge on any atom is 0.308 e. The highest BCUT2D eigenvalue weighted by Gasteiger charge is 2.40. The molecule has 2 aromatic carbocycles. The number of amides is 1. The number of hydrogen-bond acceptors (Lipinski definition) is 3. The summed E-state index contributed by atoms with van der Waals surface area (Å²) >= 11 is 6.03. The molecule has 1 fully saturated rings. The molecule has 1 amide bonds. The maximum absolute atomic E-state index is 12.8. The Kier molecular flexibility index (Phi) is 5.47. The van der Waals surface area contributed by atoms with E-state index >= 15 is 0 Å². The number of likely N-dealkylation sites (tertiary alicyclic amines) is 1. The number of carboxylic acids is 1. The van der Waals surface area contributed by atoms with Crippen molar-refractivity contribution >= 4 is 23.5 Å². The van der Waals surface area contributed by atoms with Gasteiger partial charge in [0.15, 0.2) is 0 Å². The van der Waals surface area contributed by atoms with Crippen LogP contribution in [0.15, 0.2) is 48.5 Å². The summed E-state index contributed by atoms with van der Waals surface area (Å²) in [5.74, 6) is -1.23. The molecule has 1 aliphatic rings. The van der Waals surface area contributed by atoms with Gasteiger partial charge in [-0.25, -0.2) is 0 Å². The van der Waals surface area contributed by atoms with Gasteiger partial charge in [0, 0.05) is 29.6 Å². The average molecular weight is 374 g/mol. The van der Waals surface area contributed by atoms with E-state index in [1.807, 2.05) is 30.3 Å². The lowest BCUT2D eigenvalue weighted by Crippen LogP contribution is -2.31. The van der Waals surface area contributed by atoms with Crippen molar-refractivity contribution in [2.24, 2.45) is 5.92 Å². The van der Waals surface area contributed by atoms with Crippen LogP contribution in [0.4, 0.5) is 0 Å². The number of hydrogen-bond donors (Lipinski definition) is 1. The molecule has 0 saturated carbocycles. The Hall–Kier alpha value is -2.53. The molecule has 26 heavy (non-hydrogen) atoms. The quantitative estimate of drug-likeness (QED) is 0.873. The first-order valence-corrected chi connectivity index (χ1v) is 8.75. The van der Waals surface area contributed by atoms with Crippen LogP contribution in [0.1, 0.15) is 17.0 Å². The smallest absolute Gasteiger partial charge is 0.308 e. The van der Waals surface area contributed by atoms with Crippen LogP contribution in [-0.4, -0.2) is 42.1 Å². The van der Waals surface area contributed by atoms with Crippen molar-refractivity contribution in [2.45, 2.75) is 12.3 Å². The largest absolute Gasteiger partial charge is 0.496 e. The monoisotopic (exact) mass is 373 g/mol. The number of aliphatic carboxylic acids is 1. The van der Waals surface area contributed by atoms with Gasteiger partial charge in [-0.05, 0) is 23.8 Å². The molecule has 1 aliphatic heterocycles. The van der Waals surface area contributed by atoms with E-state index in [0.29, 0.717) is 22.9 Å². The maximum atomic E-state index is 12.8. The Balaban J connectivity index is 1.78. The van der Waals surface area contributed by atoms with Crippen molar-refractivity contribution in [1.29, 1.82) is 0 Å². The van der Waals surface area contributed by atoms with Crippen molar-refractivity contribution in [2.75, 3.05) is 20.2 Å². The summed E-state index contributed by atoms with van der Waals surface area (Å²) in [6.45, 7) is 0.597. The second kappa shape index (κ2) is 7.79. The number of benzene rings is 2. The van der Waals surface area contributed by atoms with Crippen LogP contribution in [0, 0.1) is 5.92 Å². The number of carbonyl (C=O) groups excluding carboxylic acids is 1. The number of ether oxygens (including phenoxy) is 1. The molecule has 5 nitrogen and oxygen atoms in total. The molecule has 3 rings (SSSR count). The Bertz CT molecular complexity index is 809. The van der Waals surface area contributed by atoms with Crippen molar-refractivity contribution < 1.29 is 19.4 Å². The Morgan fingerprint density at radius 2 is 1.92 bits per heavy atom. The molecule has 1 heterocycles. The molecular weight excluding hydrogens is 354 g/mol. The van der Waals surface area contributed by atoms with Gasteiger partial charge in [0.1, 0.15) is 5.75 Å². The normalized spacial score (nSPS) is 19.4.